The number of sulfonamides is 1. The minimum absolute atomic E-state index is 0.00535. The maximum atomic E-state index is 13.7. The Morgan fingerprint density at radius 2 is 1.79 bits per heavy atom. The highest BCUT2D eigenvalue weighted by molar-refractivity contribution is 7.89. The fourth-order valence-corrected chi connectivity index (χ4v) is 6.63. The van der Waals surface area contributed by atoms with E-state index < -0.39 is 28.1 Å². The van der Waals surface area contributed by atoms with Crippen molar-refractivity contribution in [2.45, 2.75) is 56.8 Å². The topological polar surface area (TPSA) is 114 Å². The molecule has 0 aromatic heterocycles. The van der Waals surface area contributed by atoms with E-state index in [1.165, 1.54) is 23.5 Å². The number of hydrogen-bond acceptors (Lipinski definition) is 7. The third-order valence-electron chi connectivity index (χ3n) is 7.30. The number of hydrogen-bond donors (Lipinski definition) is 2. The molecule has 4 rings (SSSR count). The van der Waals surface area contributed by atoms with Crippen molar-refractivity contribution >= 4 is 15.9 Å². The van der Waals surface area contributed by atoms with E-state index in [0.29, 0.717) is 36.7 Å². The van der Waals surface area contributed by atoms with Crippen LogP contribution in [0.5, 0.6) is 11.5 Å². The molecule has 1 aliphatic heterocycles. The van der Waals surface area contributed by atoms with Crippen molar-refractivity contribution in [3.63, 3.8) is 0 Å². The molecule has 3 aromatic carbocycles. The fourth-order valence-electron chi connectivity index (χ4n) is 5.01. The molecule has 0 bridgehead atoms. The number of aryl methyl sites for hydroxylation is 1. The van der Waals surface area contributed by atoms with Crippen LogP contribution in [0.2, 0.25) is 0 Å². The summed E-state index contributed by atoms with van der Waals surface area (Å²) in [6.07, 6.45) is -0.330. The monoisotopic (exact) mass is 610 g/mol. The number of aliphatic hydroxyl groups is 1. The number of rotatable bonds is 14. The zero-order valence-corrected chi connectivity index (χ0v) is 26.0. The first-order chi connectivity index (χ1) is 20.6. The average molecular weight is 611 g/mol. The Labute approximate surface area is 254 Å². The zero-order chi connectivity index (χ0) is 31.0. The van der Waals surface area contributed by atoms with Gasteiger partial charge in [-0.3, -0.25) is 4.79 Å². The predicted molar refractivity (Wildman–Crippen MR) is 165 cm³/mol. The van der Waals surface area contributed by atoms with Crippen molar-refractivity contribution in [3.8, 4) is 11.5 Å². The van der Waals surface area contributed by atoms with Crippen LogP contribution in [0.25, 0.3) is 0 Å². The second-order valence-electron chi connectivity index (χ2n) is 11.3. The molecule has 1 aliphatic rings. The molecule has 10 heteroatoms. The number of benzene rings is 3. The van der Waals surface area contributed by atoms with Gasteiger partial charge in [-0.1, -0.05) is 50.2 Å². The lowest BCUT2D eigenvalue weighted by Crippen LogP contribution is -2.51. The largest absolute Gasteiger partial charge is 0.497 e. The van der Waals surface area contributed by atoms with Crippen LogP contribution in [0.3, 0.4) is 0 Å². The SMILES string of the molecule is COc1ccc(S(=O)(=O)N(CC(C)C)C[C@@H](O)C(Cc2ccccc2)NC(=O)c2ccc(C)cc2O[C@@H]2CCOC2)cc1. The second-order valence-corrected chi connectivity index (χ2v) is 13.3. The fraction of sp³-hybridized carbons (Fsp3) is 0.424. The van der Waals surface area contributed by atoms with Crippen LogP contribution in [0.15, 0.2) is 77.7 Å². The Morgan fingerprint density at radius 1 is 1.07 bits per heavy atom. The summed E-state index contributed by atoms with van der Waals surface area (Å²) >= 11 is 0. The maximum absolute atomic E-state index is 13.7. The van der Waals surface area contributed by atoms with E-state index in [1.807, 2.05) is 63.2 Å². The molecule has 2 N–H and O–H groups in total. The molecule has 0 radical (unpaired) electrons. The highest BCUT2D eigenvalue weighted by atomic mass is 32.2. The minimum Gasteiger partial charge on any atom is -0.497 e. The molecule has 1 saturated heterocycles. The quantitative estimate of drug-likeness (QED) is 0.281. The van der Waals surface area contributed by atoms with Gasteiger partial charge >= 0.3 is 0 Å². The van der Waals surface area contributed by atoms with Gasteiger partial charge in [0.25, 0.3) is 5.91 Å². The van der Waals surface area contributed by atoms with E-state index in [0.717, 1.165) is 17.5 Å². The minimum atomic E-state index is -3.95. The summed E-state index contributed by atoms with van der Waals surface area (Å²) in [7, 11) is -2.44. The van der Waals surface area contributed by atoms with Gasteiger partial charge in [0.1, 0.15) is 17.6 Å². The van der Waals surface area contributed by atoms with Gasteiger partial charge in [-0.15, -0.1) is 0 Å². The standard InChI is InChI=1S/C33H42N2O7S/c1-23(2)20-35(43(38,39)28-13-11-26(40-4)12-14-28)21-31(36)30(19-25-8-6-5-7-9-25)34-33(37)29-15-10-24(3)18-32(29)42-27-16-17-41-22-27/h5-15,18,23,27,30-31,36H,16-17,19-22H2,1-4H3,(H,34,37)/t27-,30?,31-/m1/s1. The first-order valence-corrected chi connectivity index (χ1v) is 16.0. The van der Waals surface area contributed by atoms with Crippen LogP contribution in [0, 0.1) is 12.8 Å². The number of nitrogens with one attached hydrogen (secondary N) is 1. The van der Waals surface area contributed by atoms with Gasteiger partial charge in [-0.25, -0.2) is 8.42 Å². The van der Waals surface area contributed by atoms with Crippen molar-refractivity contribution in [2.75, 3.05) is 33.4 Å². The number of nitrogens with zero attached hydrogens (tertiary/aromatic N) is 1. The molecule has 1 unspecified atom stereocenters. The Bertz CT molecular complexity index is 1440. The van der Waals surface area contributed by atoms with Crippen LogP contribution in [-0.2, 0) is 21.2 Å². The summed E-state index contributed by atoms with van der Waals surface area (Å²) in [6.45, 7) is 6.81. The van der Waals surface area contributed by atoms with E-state index in [-0.39, 0.29) is 30.0 Å². The lowest BCUT2D eigenvalue weighted by molar-refractivity contribution is 0.0769. The van der Waals surface area contributed by atoms with Crippen LogP contribution < -0.4 is 14.8 Å². The zero-order valence-electron chi connectivity index (χ0n) is 25.2. The van der Waals surface area contributed by atoms with Gasteiger partial charge in [-0.05, 0) is 66.8 Å². The number of amides is 1. The molecule has 43 heavy (non-hydrogen) atoms. The van der Waals surface area contributed by atoms with E-state index in [4.69, 9.17) is 14.2 Å². The first-order valence-electron chi connectivity index (χ1n) is 14.6. The molecular formula is C33H42N2O7S. The molecule has 0 saturated carbocycles. The van der Waals surface area contributed by atoms with Gasteiger partial charge in [-0.2, -0.15) is 4.31 Å². The third kappa shape index (κ3) is 8.79. The molecule has 0 aliphatic carbocycles. The molecule has 3 atom stereocenters. The molecule has 1 amide bonds. The number of carbonyl (C=O) groups excluding carboxylic acids is 1. The maximum Gasteiger partial charge on any atom is 0.255 e. The molecule has 3 aromatic rings. The van der Waals surface area contributed by atoms with Crippen LogP contribution in [0.1, 0.15) is 41.8 Å². The number of methoxy groups -OCH3 is 1. The van der Waals surface area contributed by atoms with Crippen LogP contribution in [0.4, 0.5) is 0 Å². The molecular weight excluding hydrogens is 568 g/mol. The number of aliphatic hydroxyl groups excluding tert-OH is 1. The van der Waals surface area contributed by atoms with Crippen LogP contribution >= 0.6 is 0 Å². The first kappa shape index (κ1) is 32.5. The number of ether oxygens (including phenoxy) is 3. The summed E-state index contributed by atoms with van der Waals surface area (Å²) in [5.74, 6) is 0.570. The lowest BCUT2D eigenvalue weighted by atomic mass is 10.00. The van der Waals surface area contributed by atoms with Gasteiger partial charge in [0.2, 0.25) is 10.0 Å². The molecule has 9 nitrogen and oxygen atoms in total. The van der Waals surface area contributed by atoms with E-state index in [9.17, 15) is 18.3 Å². The second kappa shape index (κ2) is 14.8. The Hall–Kier alpha value is -3.44. The highest BCUT2D eigenvalue weighted by Gasteiger charge is 2.32. The van der Waals surface area contributed by atoms with Gasteiger partial charge in [0.15, 0.2) is 0 Å². The Morgan fingerprint density at radius 3 is 2.42 bits per heavy atom. The smallest absolute Gasteiger partial charge is 0.255 e. The van der Waals surface area contributed by atoms with Crippen molar-refractivity contribution in [3.05, 3.63) is 89.5 Å². The molecule has 232 valence electrons. The van der Waals surface area contributed by atoms with Gasteiger partial charge in [0, 0.05) is 19.5 Å². The highest BCUT2D eigenvalue weighted by Crippen LogP contribution is 2.25. The molecule has 1 fully saturated rings. The third-order valence-corrected chi connectivity index (χ3v) is 9.15. The van der Waals surface area contributed by atoms with E-state index >= 15 is 0 Å². The van der Waals surface area contributed by atoms with Crippen molar-refractivity contribution in [1.82, 2.24) is 9.62 Å². The average Bonchev–Trinajstić information content (AvgIpc) is 3.50. The summed E-state index contributed by atoms with van der Waals surface area (Å²) in [4.78, 5) is 13.8. The molecule has 0 spiro atoms. The Kier molecular flexibility index (Phi) is 11.2. The number of carbonyl (C=O) groups is 1. The normalized spacial score (nSPS) is 16.7. The summed E-state index contributed by atoms with van der Waals surface area (Å²) in [6, 6.07) is 20.2. The summed E-state index contributed by atoms with van der Waals surface area (Å²) in [5, 5.41) is 14.6. The van der Waals surface area contributed by atoms with Gasteiger partial charge in [0.05, 0.1) is 42.9 Å². The Balaban J connectivity index is 1.60. The van der Waals surface area contributed by atoms with E-state index in [1.54, 1.807) is 18.2 Å². The van der Waals surface area contributed by atoms with Crippen molar-refractivity contribution < 1.29 is 32.5 Å². The van der Waals surface area contributed by atoms with Gasteiger partial charge < -0.3 is 24.6 Å². The van der Waals surface area contributed by atoms with E-state index in [2.05, 4.69) is 5.32 Å². The molecule has 1 heterocycles. The lowest BCUT2D eigenvalue weighted by Gasteiger charge is -2.31. The summed E-state index contributed by atoms with van der Waals surface area (Å²) < 4.78 is 45.5. The predicted octanol–water partition coefficient (Wildman–Crippen LogP) is 4.22. The van der Waals surface area contributed by atoms with Crippen molar-refractivity contribution in [1.29, 1.82) is 0 Å². The van der Waals surface area contributed by atoms with Crippen molar-refractivity contribution in [2.24, 2.45) is 5.92 Å². The van der Waals surface area contributed by atoms with Crippen LogP contribution in [-0.4, -0.2) is 75.4 Å². The summed E-state index contributed by atoms with van der Waals surface area (Å²) in [5.41, 5.74) is 2.18.